The van der Waals surface area contributed by atoms with E-state index in [-0.39, 0.29) is 24.7 Å². The lowest BCUT2D eigenvalue weighted by atomic mass is 9.97. The summed E-state index contributed by atoms with van der Waals surface area (Å²) in [6.45, 7) is 3.70. The summed E-state index contributed by atoms with van der Waals surface area (Å²) in [5, 5.41) is 3.29. The highest BCUT2D eigenvalue weighted by molar-refractivity contribution is 5.81. The first kappa shape index (κ1) is 25.4. The first-order valence-corrected chi connectivity index (χ1v) is 12.2. The molecule has 0 atom stereocenters. The molecule has 1 fully saturated rings. The van der Waals surface area contributed by atoms with Gasteiger partial charge in [0.1, 0.15) is 0 Å². The number of halogens is 3. The SMILES string of the molecule is CN(C)CCN(Cc1ncccc1C(F)(F)F)C(=O)CNc1cccc2c1CN(CC1CC1)CC2. The zero-order valence-electron chi connectivity index (χ0n) is 20.4. The maximum absolute atomic E-state index is 13.5. The number of hydrogen-bond acceptors (Lipinski definition) is 5. The van der Waals surface area contributed by atoms with Crippen molar-refractivity contribution in [3.63, 3.8) is 0 Å². The number of rotatable bonds is 10. The Morgan fingerprint density at radius 1 is 1.17 bits per heavy atom. The zero-order chi connectivity index (χ0) is 25.0. The Morgan fingerprint density at radius 2 is 1.97 bits per heavy atom. The van der Waals surface area contributed by atoms with Crippen molar-refractivity contribution in [1.29, 1.82) is 0 Å². The Kier molecular flexibility index (Phi) is 7.96. The highest BCUT2D eigenvalue weighted by Gasteiger charge is 2.34. The summed E-state index contributed by atoms with van der Waals surface area (Å²) in [6, 6.07) is 8.40. The largest absolute Gasteiger partial charge is 0.418 e. The molecule has 1 aromatic carbocycles. The van der Waals surface area contributed by atoms with Crippen molar-refractivity contribution in [3.8, 4) is 0 Å². The smallest absolute Gasteiger partial charge is 0.376 e. The van der Waals surface area contributed by atoms with Crippen LogP contribution >= 0.6 is 0 Å². The van der Waals surface area contributed by atoms with Gasteiger partial charge >= 0.3 is 6.18 Å². The van der Waals surface area contributed by atoms with Gasteiger partial charge in [0.25, 0.3) is 0 Å². The summed E-state index contributed by atoms with van der Waals surface area (Å²) < 4.78 is 40.5. The lowest BCUT2D eigenvalue weighted by Crippen LogP contribution is -2.40. The number of likely N-dealkylation sites (N-methyl/N-ethyl adjacent to an activating group) is 1. The van der Waals surface area contributed by atoms with Gasteiger partial charge in [-0.05, 0) is 68.6 Å². The van der Waals surface area contributed by atoms with Gasteiger partial charge in [-0.2, -0.15) is 13.2 Å². The van der Waals surface area contributed by atoms with Gasteiger partial charge in [0.2, 0.25) is 5.91 Å². The van der Waals surface area contributed by atoms with Gasteiger partial charge < -0.3 is 15.1 Å². The number of fused-ring (bicyclic) bond motifs is 1. The molecule has 35 heavy (non-hydrogen) atoms. The molecule has 1 saturated carbocycles. The van der Waals surface area contributed by atoms with E-state index in [1.165, 1.54) is 41.1 Å². The third kappa shape index (κ3) is 6.95. The van der Waals surface area contributed by atoms with E-state index >= 15 is 0 Å². The number of alkyl halides is 3. The van der Waals surface area contributed by atoms with Crippen molar-refractivity contribution in [3.05, 3.63) is 58.9 Å². The molecule has 1 aliphatic heterocycles. The standard InChI is InChI=1S/C26H34F3N5O/c1-32(2)13-14-34(18-24-22(26(27,28)29)6-4-11-30-24)25(35)15-31-23-7-3-5-20-10-12-33(17-21(20)23)16-19-8-9-19/h3-7,11,19,31H,8-10,12-18H2,1-2H3. The van der Waals surface area contributed by atoms with Gasteiger partial charge in [0.05, 0.1) is 24.3 Å². The first-order valence-electron chi connectivity index (χ1n) is 12.2. The molecule has 9 heteroatoms. The molecule has 2 aliphatic rings. The van der Waals surface area contributed by atoms with E-state index < -0.39 is 11.7 Å². The number of benzene rings is 1. The van der Waals surface area contributed by atoms with Crippen molar-refractivity contribution < 1.29 is 18.0 Å². The van der Waals surface area contributed by atoms with Crippen LogP contribution < -0.4 is 5.32 Å². The van der Waals surface area contributed by atoms with Gasteiger partial charge in [0.15, 0.2) is 0 Å². The number of amides is 1. The molecule has 2 aromatic rings. The third-order valence-corrected chi connectivity index (χ3v) is 6.70. The van der Waals surface area contributed by atoms with Crippen molar-refractivity contribution in [2.75, 3.05) is 52.1 Å². The van der Waals surface area contributed by atoms with E-state index in [9.17, 15) is 18.0 Å². The van der Waals surface area contributed by atoms with E-state index in [0.717, 1.165) is 43.7 Å². The van der Waals surface area contributed by atoms with Crippen molar-refractivity contribution in [2.24, 2.45) is 5.92 Å². The summed E-state index contributed by atoms with van der Waals surface area (Å²) in [5.41, 5.74) is 2.50. The first-order chi connectivity index (χ1) is 16.7. The van der Waals surface area contributed by atoms with Crippen LogP contribution in [0, 0.1) is 5.92 Å². The molecule has 6 nitrogen and oxygen atoms in total. The molecule has 4 rings (SSSR count). The van der Waals surface area contributed by atoms with Crippen LogP contribution in [0.2, 0.25) is 0 Å². The number of nitrogens with one attached hydrogen (secondary N) is 1. The fraction of sp³-hybridized carbons (Fsp3) is 0.538. The summed E-state index contributed by atoms with van der Waals surface area (Å²) >= 11 is 0. The molecule has 190 valence electrons. The molecular formula is C26H34F3N5O. The van der Waals surface area contributed by atoms with E-state index in [0.29, 0.717) is 13.1 Å². The molecular weight excluding hydrogens is 455 g/mol. The molecule has 1 amide bonds. The molecule has 0 spiro atoms. The quantitative estimate of drug-likeness (QED) is 0.549. The number of carbonyl (C=O) groups excluding carboxylic acids is 1. The summed E-state index contributed by atoms with van der Waals surface area (Å²) in [4.78, 5) is 23.0. The zero-order valence-corrected chi connectivity index (χ0v) is 20.4. The maximum atomic E-state index is 13.5. The van der Waals surface area contributed by atoms with Crippen LogP contribution in [0.3, 0.4) is 0 Å². The van der Waals surface area contributed by atoms with Crippen LogP contribution in [0.15, 0.2) is 36.5 Å². The summed E-state index contributed by atoms with van der Waals surface area (Å²) in [7, 11) is 3.74. The minimum atomic E-state index is -4.52. The van der Waals surface area contributed by atoms with Crippen LogP contribution in [-0.4, -0.2) is 72.4 Å². The Bertz CT molecular complexity index is 1020. The number of aromatic nitrogens is 1. The van der Waals surface area contributed by atoms with Gasteiger partial charge in [-0.25, -0.2) is 0 Å². The highest BCUT2D eigenvalue weighted by atomic mass is 19.4. The molecule has 0 bridgehead atoms. The van der Waals surface area contributed by atoms with Crippen molar-refractivity contribution >= 4 is 11.6 Å². The Balaban J connectivity index is 1.46. The molecule has 0 radical (unpaired) electrons. The van der Waals surface area contributed by atoms with Crippen LogP contribution in [-0.2, 0) is 30.5 Å². The molecule has 1 aliphatic carbocycles. The maximum Gasteiger partial charge on any atom is 0.418 e. The number of hydrogen-bond donors (Lipinski definition) is 1. The fourth-order valence-corrected chi connectivity index (χ4v) is 4.52. The molecule has 1 aromatic heterocycles. The second kappa shape index (κ2) is 11.0. The van der Waals surface area contributed by atoms with Gasteiger partial charge in [0, 0.05) is 44.6 Å². The van der Waals surface area contributed by atoms with Crippen molar-refractivity contribution in [2.45, 2.75) is 38.5 Å². The molecule has 1 N–H and O–H groups in total. The molecule has 0 saturated heterocycles. The average Bonchev–Trinajstić information content (AvgIpc) is 3.63. The van der Waals surface area contributed by atoms with Crippen molar-refractivity contribution in [1.82, 2.24) is 19.7 Å². The van der Waals surface area contributed by atoms with E-state index in [4.69, 9.17) is 0 Å². The monoisotopic (exact) mass is 489 g/mol. The lowest BCUT2D eigenvalue weighted by molar-refractivity contribution is -0.140. The lowest BCUT2D eigenvalue weighted by Gasteiger charge is -2.31. The third-order valence-electron chi connectivity index (χ3n) is 6.70. The normalized spacial score (nSPS) is 16.3. The van der Waals surface area contributed by atoms with Gasteiger partial charge in [-0.15, -0.1) is 0 Å². The number of carbonyl (C=O) groups is 1. The predicted octanol–water partition coefficient (Wildman–Crippen LogP) is 3.87. The van der Waals surface area contributed by atoms with E-state index in [2.05, 4.69) is 21.3 Å². The number of nitrogens with zero attached hydrogens (tertiary/aromatic N) is 4. The Labute approximate surface area is 205 Å². The van der Waals surface area contributed by atoms with Gasteiger partial charge in [-0.1, -0.05) is 12.1 Å². The summed E-state index contributed by atoms with van der Waals surface area (Å²) in [5.74, 6) is 0.561. The minimum absolute atomic E-state index is 0.0146. The Morgan fingerprint density at radius 3 is 2.69 bits per heavy atom. The second-order valence-electron chi connectivity index (χ2n) is 9.84. The molecule has 0 unspecified atom stereocenters. The van der Waals surface area contributed by atoms with Gasteiger partial charge in [-0.3, -0.25) is 14.7 Å². The van der Waals surface area contributed by atoms with E-state index in [1.54, 1.807) is 0 Å². The highest BCUT2D eigenvalue weighted by Crippen LogP contribution is 2.33. The minimum Gasteiger partial charge on any atom is -0.376 e. The van der Waals surface area contributed by atoms with E-state index in [1.807, 2.05) is 31.1 Å². The second-order valence-corrected chi connectivity index (χ2v) is 9.84. The number of anilines is 1. The van der Waals surface area contributed by atoms with Crippen LogP contribution in [0.4, 0.5) is 18.9 Å². The predicted molar refractivity (Wildman–Crippen MR) is 130 cm³/mol. The summed E-state index contributed by atoms with van der Waals surface area (Å²) in [6.07, 6.45) is 0.425. The number of pyridine rings is 1. The fourth-order valence-electron chi connectivity index (χ4n) is 4.52. The Hall–Kier alpha value is -2.65. The van der Waals surface area contributed by atoms with Crippen LogP contribution in [0.5, 0.6) is 0 Å². The molecule has 2 heterocycles. The van der Waals surface area contributed by atoms with Crippen LogP contribution in [0.1, 0.15) is 35.2 Å². The van der Waals surface area contributed by atoms with Crippen LogP contribution in [0.25, 0.3) is 0 Å². The average molecular weight is 490 g/mol. The topological polar surface area (TPSA) is 51.7 Å².